The van der Waals surface area contributed by atoms with Gasteiger partial charge < -0.3 is 4.57 Å². The van der Waals surface area contributed by atoms with Crippen molar-refractivity contribution in [1.82, 2.24) is 9.55 Å². The molecule has 0 atom stereocenters. The van der Waals surface area contributed by atoms with Crippen molar-refractivity contribution in [3.05, 3.63) is 69.5 Å². The molecule has 106 valence electrons. The molecule has 0 bridgehead atoms. The Kier molecular flexibility index (Phi) is 3.17. The minimum atomic E-state index is -0.372. The summed E-state index contributed by atoms with van der Waals surface area (Å²) < 4.78 is 2.01. The molecule has 0 unspecified atom stereocenters. The largest absolute Gasteiger partial charge is 0.326 e. The van der Waals surface area contributed by atoms with Gasteiger partial charge in [0, 0.05) is 18.7 Å². The van der Waals surface area contributed by atoms with Crippen LogP contribution < -0.4 is 0 Å². The van der Waals surface area contributed by atoms with E-state index in [0.717, 1.165) is 16.6 Å². The number of non-ortho nitro benzene ring substituents is 1. The summed E-state index contributed by atoms with van der Waals surface area (Å²) in [5.41, 5.74) is 5.42. The van der Waals surface area contributed by atoms with Gasteiger partial charge in [-0.2, -0.15) is 0 Å². The molecule has 1 heterocycles. The van der Waals surface area contributed by atoms with Crippen LogP contribution in [0.1, 0.15) is 16.7 Å². The Labute approximate surface area is 122 Å². The minimum absolute atomic E-state index is 0.115. The smallest absolute Gasteiger partial charge is 0.269 e. The highest BCUT2D eigenvalue weighted by atomic mass is 16.6. The van der Waals surface area contributed by atoms with E-state index in [0.29, 0.717) is 6.54 Å². The molecule has 0 aliphatic rings. The fourth-order valence-corrected chi connectivity index (χ4v) is 2.40. The van der Waals surface area contributed by atoms with Gasteiger partial charge in [-0.15, -0.1) is 0 Å². The van der Waals surface area contributed by atoms with E-state index in [1.54, 1.807) is 18.5 Å². The Hall–Kier alpha value is -2.69. The molecular formula is C16H15N3O2. The van der Waals surface area contributed by atoms with Crippen molar-refractivity contribution in [3.8, 4) is 0 Å². The van der Waals surface area contributed by atoms with Crippen LogP contribution in [0.2, 0.25) is 0 Å². The maximum Gasteiger partial charge on any atom is 0.269 e. The topological polar surface area (TPSA) is 61.0 Å². The first kappa shape index (κ1) is 13.3. The summed E-state index contributed by atoms with van der Waals surface area (Å²) in [6.45, 7) is 4.70. The lowest BCUT2D eigenvalue weighted by molar-refractivity contribution is -0.384. The molecule has 5 nitrogen and oxygen atoms in total. The van der Waals surface area contributed by atoms with E-state index in [1.165, 1.54) is 17.2 Å². The van der Waals surface area contributed by atoms with Crippen LogP contribution >= 0.6 is 0 Å². The van der Waals surface area contributed by atoms with Gasteiger partial charge in [-0.25, -0.2) is 4.98 Å². The number of nitro groups is 1. The number of hydrogen-bond donors (Lipinski definition) is 0. The molecule has 0 amide bonds. The molecule has 3 aromatic rings. The molecule has 5 heteroatoms. The van der Waals surface area contributed by atoms with Crippen LogP contribution in [0.15, 0.2) is 42.7 Å². The van der Waals surface area contributed by atoms with Crippen molar-refractivity contribution in [2.45, 2.75) is 20.4 Å². The number of benzene rings is 2. The molecule has 0 N–H and O–H groups in total. The molecular weight excluding hydrogens is 266 g/mol. The highest BCUT2D eigenvalue weighted by molar-refractivity contribution is 5.77. The number of nitrogens with zero attached hydrogens (tertiary/aromatic N) is 3. The predicted molar refractivity (Wildman–Crippen MR) is 81.4 cm³/mol. The van der Waals surface area contributed by atoms with E-state index >= 15 is 0 Å². The Bertz CT molecular complexity index is 837. The van der Waals surface area contributed by atoms with E-state index in [1.807, 2.05) is 10.6 Å². The maximum absolute atomic E-state index is 10.8. The molecule has 21 heavy (non-hydrogen) atoms. The first-order valence-corrected chi connectivity index (χ1v) is 6.70. The lowest BCUT2D eigenvalue weighted by Gasteiger charge is -2.06. The molecule has 0 spiro atoms. The molecule has 2 aromatic carbocycles. The minimum Gasteiger partial charge on any atom is -0.326 e. The second-order valence-electron chi connectivity index (χ2n) is 5.22. The molecule has 0 fully saturated rings. The molecule has 0 aliphatic carbocycles. The number of fused-ring (bicyclic) bond motifs is 1. The second kappa shape index (κ2) is 5.01. The van der Waals surface area contributed by atoms with E-state index in [-0.39, 0.29) is 10.6 Å². The number of rotatable bonds is 3. The average molecular weight is 281 g/mol. The van der Waals surface area contributed by atoms with Gasteiger partial charge in [-0.05, 0) is 42.7 Å². The van der Waals surface area contributed by atoms with Crippen molar-refractivity contribution in [2.24, 2.45) is 0 Å². The maximum atomic E-state index is 10.8. The van der Waals surface area contributed by atoms with Crippen LogP contribution in [0.4, 0.5) is 5.69 Å². The third-order valence-electron chi connectivity index (χ3n) is 3.71. The predicted octanol–water partition coefficient (Wildman–Crippen LogP) is 3.61. The van der Waals surface area contributed by atoms with Crippen molar-refractivity contribution < 1.29 is 4.92 Å². The molecule has 0 saturated carbocycles. The Morgan fingerprint density at radius 2 is 1.95 bits per heavy atom. The van der Waals surface area contributed by atoms with Gasteiger partial charge in [-0.3, -0.25) is 10.1 Å². The molecule has 0 radical (unpaired) electrons. The number of nitro benzene ring substituents is 1. The van der Waals surface area contributed by atoms with Gasteiger partial charge in [0.1, 0.15) is 0 Å². The van der Waals surface area contributed by atoms with Gasteiger partial charge in [0.25, 0.3) is 5.69 Å². The van der Waals surface area contributed by atoms with E-state index in [2.05, 4.69) is 31.0 Å². The van der Waals surface area contributed by atoms with Gasteiger partial charge >= 0.3 is 0 Å². The van der Waals surface area contributed by atoms with Gasteiger partial charge in [0.05, 0.1) is 22.3 Å². The van der Waals surface area contributed by atoms with Crippen LogP contribution in [0.3, 0.4) is 0 Å². The quantitative estimate of drug-likeness (QED) is 0.544. The first-order chi connectivity index (χ1) is 10.0. The molecule has 1 aromatic heterocycles. The fraction of sp³-hybridized carbons (Fsp3) is 0.188. The second-order valence-corrected chi connectivity index (χ2v) is 5.22. The van der Waals surface area contributed by atoms with E-state index < -0.39 is 0 Å². The third-order valence-corrected chi connectivity index (χ3v) is 3.71. The van der Waals surface area contributed by atoms with Crippen LogP contribution in [0.25, 0.3) is 11.0 Å². The van der Waals surface area contributed by atoms with E-state index in [9.17, 15) is 10.1 Å². The summed E-state index contributed by atoms with van der Waals surface area (Å²) in [5.74, 6) is 0. The average Bonchev–Trinajstić information content (AvgIpc) is 2.82. The molecule has 0 aliphatic heterocycles. The monoisotopic (exact) mass is 281 g/mol. The summed E-state index contributed by atoms with van der Waals surface area (Å²) in [5, 5.41) is 10.8. The zero-order valence-corrected chi connectivity index (χ0v) is 11.9. The van der Waals surface area contributed by atoms with Gasteiger partial charge in [0.15, 0.2) is 0 Å². The van der Waals surface area contributed by atoms with Crippen LogP contribution in [-0.2, 0) is 6.54 Å². The standard InChI is InChI=1S/C16H15N3O2/c1-11-6-15-16(7-12(11)2)18(10-17-15)9-13-4-3-5-14(8-13)19(20)21/h3-8,10H,9H2,1-2H3. The normalized spacial score (nSPS) is 11.0. The summed E-state index contributed by atoms with van der Waals surface area (Å²) in [4.78, 5) is 14.9. The van der Waals surface area contributed by atoms with Crippen LogP contribution in [0.5, 0.6) is 0 Å². The highest BCUT2D eigenvalue weighted by Gasteiger charge is 2.09. The van der Waals surface area contributed by atoms with Crippen molar-refractivity contribution in [3.63, 3.8) is 0 Å². The number of aromatic nitrogens is 2. The Balaban J connectivity index is 2.00. The highest BCUT2D eigenvalue weighted by Crippen LogP contribution is 2.20. The third kappa shape index (κ3) is 2.50. The fourth-order valence-electron chi connectivity index (χ4n) is 2.40. The summed E-state index contributed by atoms with van der Waals surface area (Å²) in [6.07, 6.45) is 1.78. The zero-order valence-electron chi connectivity index (χ0n) is 11.9. The van der Waals surface area contributed by atoms with Gasteiger partial charge in [-0.1, -0.05) is 12.1 Å². The number of aryl methyl sites for hydroxylation is 2. The van der Waals surface area contributed by atoms with Crippen molar-refractivity contribution >= 4 is 16.7 Å². The summed E-state index contributed by atoms with van der Waals surface area (Å²) >= 11 is 0. The Morgan fingerprint density at radius 3 is 2.71 bits per heavy atom. The lowest BCUT2D eigenvalue weighted by atomic mass is 10.1. The lowest BCUT2D eigenvalue weighted by Crippen LogP contribution is -1.99. The van der Waals surface area contributed by atoms with Gasteiger partial charge in [0.2, 0.25) is 0 Å². The number of imidazole rings is 1. The summed E-state index contributed by atoms with van der Waals surface area (Å²) in [7, 11) is 0. The summed E-state index contributed by atoms with van der Waals surface area (Å²) in [6, 6.07) is 10.9. The molecule has 0 saturated heterocycles. The van der Waals surface area contributed by atoms with E-state index in [4.69, 9.17) is 0 Å². The van der Waals surface area contributed by atoms with Crippen molar-refractivity contribution in [2.75, 3.05) is 0 Å². The number of hydrogen-bond acceptors (Lipinski definition) is 3. The molecule has 3 rings (SSSR count). The van der Waals surface area contributed by atoms with Crippen LogP contribution in [0, 0.1) is 24.0 Å². The SMILES string of the molecule is Cc1cc2ncn(Cc3cccc([N+](=O)[O-])c3)c2cc1C. The van der Waals surface area contributed by atoms with Crippen molar-refractivity contribution in [1.29, 1.82) is 0 Å². The van der Waals surface area contributed by atoms with Crippen LogP contribution in [-0.4, -0.2) is 14.5 Å². The zero-order chi connectivity index (χ0) is 15.0. The Morgan fingerprint density at radius 1 is 1.19 bits per heavy atom. The first-order valence-electron chi connectivity index (χ1n) is 6.70.